The number of para-hydroxylation sites is 1. The summed E-state index contributed by atoms with van der Waals surface area (Å²) in [5, 5.41) is 4.97. The number of esters is 1. The summed E-state index contributed by atoms with van der Waals surface area (Å²) < 4.78 is 5.54. The van der Waals surface area contributed by atoms with E-state index in [2.05, 4.69) is 26.6 Å². The fraction of sp³-hybridized carbons (Fsp3) is 0.118. The van der Waals surface area contributed by atoms with Crippen molar-refractivity contribution in [2.45, 2.75) is 6.92 Å². The van der Waals surface area contributed by atoms with Gasteiger partial charge in [0, 0.05) is 10.2 Å². The van der Waals surface area contributed by atoms with E-state index in [-0.39, 0.29) is 6.61 Å². The molecule has 6 nitrogen and oxygen atoms in total. The molecule has 124 valence electrons. The fourth-order valence-electron chi connectivity index (χ4n) is 1.83. The summed E-state index contributed by atoms with van der Waals surface area (Å²) >= 11 is 3.28. The van der Waals surface area contributed by atoms with Gasteiger partial charge >= 0.3 is 17.8 Å². The average Bonchev–Trinajstić information content (AvgIpc) is 2.57. The summed E-state index contributed by atoms with van der Waals surface area (Å²) in [6.07, 6.45) is 0. The van der Waals surface area contributed by atoms with Gasteiger partial charge in [0.05, 0.1) is 17.9 Å². The third-order valence-electron chi connectivity index (χ3n) is 2.98. The molecule has 0 saturated heterocycles. The first-order valence-corrected chi connectivity index (χ1v) is 7.94. The first-order valence-electron chi connectivity index (χ1n) is 7.15. The Morgan fingerprint density at radius 1 is 0.958 bits per heavy atom. The Labute approximate surface area is 147 Å². The zero-order valence-corrected chi connectivity index (χ0v) is 14.4. The molecule has 0 bridgehead atoms. The van der Waals surface area contributed by atoms with Crippen LogP contribution >= 0.6 is 15.9 Å². The Kier molecular flexibility index (Phi) is 6.08. The van der Waals surface area contributed by atoms with Crippen LogP contribution in [0.2, 0.25) is 0 Å². The van der Waals surface area contributed by atoms with Gasteiger partial charge in [-0.05, 0) is 59.3 Å². The number of ether oxygens (including phenoxy) is 1. The number of halogens is 1. The molecule has 0 saturated carbocycles. The van der Waals surface area contributed by atoms with Crippen molar-refractivity contribution in [2.75, 3.05) is 17.2 Å². The molecule has 2 rings (SSSR count). The molecule has 0 aliphatic carbocycles. The Hall–Kier alpha value is -2.67. The number of hydrogen-bond acceptors (Lipinski definition) is 4. The van der Waals surface area contributed by atoms with Crippen molar-refractivity contribution in [1.29, 1.82) is 0 Å². The number of carbonyl (C=O) groups excluding carboxylic acids is 3. The Morgan fingerprint density at radius 2 is 1.58 bits per heavy atom. The summed E-state index contributed by atoms with van der Waals surface area (Å²) in [5.41, 5.74) is 1.26. The van der Waals surface area contributed by atoms with Crippen molar-refractivity contribution in [2.24, 2.45) is 0 Å². The summed E-state index contributed by atoms with van der Waals surface area (Å²) in [7, 11) is 0. The minimum Gasteiger partial charge on any atom is -0.462 e. The second kappa shape index (κ2) is 8.26. The second-order valence-corrected chi connectivity index (χ2v) is 5.54. The quantitative estimate of drug-likeness (QED) is 0.619. The predicted octanol–water partition coefficient (Wildman–Crippen LogP) is 3.20. The third kappa shape index (κ3) is 4.66. The fourth-order valence-corrected chi connectivity index (χ4v) is 2.22. The van der Waals surface area contributed by atoms with Gasteiger partial charge in [0.2, 0.25) is 0 Å². The maximum atomic E-state index is 11.9. The number of carbonyl (C=O) groups is 3. The van der Waals surface area contributed by atoms with Crippen LogP contribution in [0.1, 0.15) is 17.3 Å². The Balaban J connectivity index is 1.97. The number of rotatable bonds is 4. The van der Waals surface area contributed by atoms with Gasteiger partial charge in [0.15, 0.2) is 0 Å². The van der Waals surface area contributed by atoms with Gasteiger partial charge in [0.1, 0.15) is 0 Å². The van der Waals surface area contributed by atoms with E-state index >= 15 is 0 Å². The largest absolute Gasteiger partial charge is 0.462 e. The molecule has 0 unspecified atom stereocenters. The van der Waals surface area contributed by atoms with Gasteiger partial charge in [-0.15, -0.1) is 0 Å². The highest BCUT2D eigenvalue weighted by Crippen LogP contribution is 2.21. The first kappa shape index (κ1) is 17.7. The van der Waals surface area contributed by atoms with E-state index in [1.807, 2.05) is 0 Å². The van der Waals surface area contributed by atoms with E-state index in [9.17, 15) is 14.4 Å². The minimum absolute atomic E-state index is 0.284. The first-order chi connectivity index (χ1) is 11.5. The van der Waals surface area contributed by atoms with E-state index in [4.69, 9.17) is 4.74 Å². The molecular weight excluding hydrogens is 376 g/mol. The van der Waals surface area contributed by atoms with Crippen molar-refractivity contribution in [3.8, 4) is 0 Å². The number of anilines is 2. The van der Waals surface area contributed by atoms with Gasteiger partial charge < -0.3 is 15.4 Å². The van der Waals surface area contributed by atoms with Crippen LogP contribution in [0.4, 0.5) is 11.4 Å². The van der Waals surface area contributed by atoms with Crippen LogP contribution in [0.15, 0.2) is 53.0 Å². The maximum absolute atomic E-state index is 11.9. The predicted molar refractivity (Wildman–Crippen MR) is 93.8 cm³/mol. The zero-order valence-electron chi connectivity index (χ0n) is 12.8. The van der Waals surface area contributed by atoms with Crippen molar-refractivity contribution in [3.63, 3.8) is 0 Å². The van der Waals surface area contributed by atoms with Crippen LogP contribution in [0, 0.1) is 0 Å². The van der Waals surface area contributed by atoms with Crippen molar-refractivity contribution >= 4 is 45.1 Å². The van der Waals surface area contributed by atoms with Gasteiger partial charge in [-0.25, -0.2) is 4.79 Å². The van der Waals surface area contributed by atoms with Crippen LogP contribution in [-0.2, 0) is 14.3 Å². The molecule has 2 aromatic carbocycles. The SMILES string of the molecule is CCOC(=O)c1ccc(NC(=O)C(=O)Nc2ccccc2Br)cc1. The molecule has 24 heavy (non-hydrogen) atoms. The van der Waals surface area contributed by atoms with Gasteiger partial charge in [-0.3, -0.25) is 9.59 Å². The molecule has 0 aliphatic heterocycles. The molecule has 0 atom stereocenters. The van der Waals surface area contributed by atoms with Crippen molar-refractivity contribution < 1.29 is 19.1 Å². The summed E-state index contributed by atoms with van der Waals surface area (Å²) in [5.74, 6) is -2.05. The van der Waals surface area contributed by atoms with Crippen LogP contribution in [0.5, 0.6) is 0 Å². The summed E-state index contributed by atoms with van der Waals surface area (Å²) in [4.78, 5) is 35.4. The summed E-state index contributed by atoms with van der Waals surface area (Å²) in [6, 6.07) is 13.0. The van der Waals surface area contributed by atoms with E-state index in [1.165, 1.54) is 24.3 Å². The number of amides is 2. The molecule has 0 aliphatic rings. The smallest absolute Gasteiger partial charge is 0.338 e. The highest BCUT2D eigenvalue weighted by molar-refractivity contribution is 9.10. The lowest BCUT2D eigenvalue weighted by Gasteiger charge is -2.08. The van der Waals surface area contributed by atoms with Crippen molar-refractivity contribution in [3.05, 3.63) is 58.6 Å². The lowest BCUT2D eigenvalue weighted by Crippen LogP contribution is -2.29. The molecule has 2 N–H and O–H groups in total. The molecule has 0 heterocycles. The molecule has 2 amide bonds. The molecule has 0 radical (unpaired) electrons. The molecule has 7 heteroatoms. The van der Waals surface area contributed by atoms with Gasteiger partial charge in [-0.1, -0.05) is 12.1 Å². The molecule has 0 fully saturated rings. The Morgan fingerprint density at radius 3 is 2.21 bits per heavy atom. The monoisotopic (exact) mass is 390 g/mol. The van der Waals surface area contributed by atoms with Crippen molar-refractivity contribution in [1.82, 2.24) is 0 Å². The molecule has 0 spiro atoms. The molecule has 2 aromatic rings. The van der Waals surface area contributed by atoms with E-state index in [0.29, 0.717) is 21.4 Å². The third-order valence-corrected chi connectivity index (χ3v) is 3.67. The van der Waals surface area contributed by atoms with Crippen LogP contribution in [-0.4, -0.2) is 24.4 Å². The van der Waals surface area contributed by atoms with E-state index in [0.717, 1.165) is 0 Å². The maximum Gasteiger partial charge on any atom is 0.338 e. The Bertz CT molecular complexity index is 759. The second-order valence-electron chi connectivity index (χ2n) is 4.69. The lowest BCUT2D eigenvalue weighted by molar-refractivity contribution is -0.133. The van der Waals surface area contributed by atoms with Gasteiger partial charge in [0.25, 0.3) is 0 Å². The molecular formula is C17H15BrN2O4. The van der Waals surface area contributed by atoms with Crippen LogP contribution < -0.4 is 10.6 Å². The lowest BCUT2D eigenvalue weighted by atomic mass is 10.2. The molecule has 0 aromatic heterocycles. The van der Waals surface area contributed by atoms with Crippen LogP contribution in [0.25, 0.3) is 0 Å². The van der Waals surface area contributed by atoms with E-state index in [1.54, 1.807) is 31.2 Å². The summed E-state index contributed by atoms with van der Waals surface area (Å²) in [6.45, 7) is 2.00. The number of benzene rings is 2. The van der Waals surface area contributed by atoms with E-state index < -0.39 is 17.8 Å². The zero-order chi connectivity index (χ0) is 17.5. The standard InChI is InChI=1S/C17H15BrN2O4/c1-2-24-17(23)11-7-9-12(10-8-11)19-15(21)16(22)20-14-6-4-3-5-13(14)18/h3-10H,2H2,1H3,(H,19,21)(H,20,22). The topological polar surface area (TPSA) is 84.5 Å². The number of hydrogen-bond donors (Lipinski definition) is 2. The highest BCUT2D eigenvalue weighted by Gasteiger charge is 2.15. The highest BCUT2D eigenvalue weighted by atomic mass is 79.9. The van der Waals surface area contributed by atoms with Gasteiger partial charge in [-0.2, -0.15) is 0 Å². The average molecular weight is 391 g/mol. The number of nitrogens with one attached hydrogen (secondary N) is 2. The normalized spacial score (nSPS) is 9.92. The van der Waals surface area contributed by atoms with Crippen LogP contribution in [0.3, 0.4) is 0 Å². The minimum atomic E-state index is -0.811.